The van der Waals surface area contributed by atoms with Crippen LogP contribution in [-0.4, -0.2) is 40.3 Å². The predicted molar refractivity (Wildman–Crippen MR) is 90.6 cm³/mol. The summed E-state index contributed by atoms with van der Waals surface area (Å²) in [6.07, 6.45) is 5.89. The summed E-state index contributed by atoms with van der Waals surface area (Å²) < 4.78 is 20.1. The summed E-state index contributed by atoms with van der Waals surface area (Å²) in [5.41, 5.74) is 0.0807. The van der Waals surface area contributed by atoms with Gasteiger partial charge in [-0.25, -0.2) is 4.39 Å². The first-order valence-electron chi connectivity index (χ1n) is 8.40. The zero-order valence-electron chi connectivity index (χ0n) is 14.3. The Morgan fingerprint density at radius 1 is 1.52 bits per heavy atom. The van der Waals surface area contributed by atoms with Crippen molar-refractivity contribution in [3.63, 3.8) is 0 Å². The molecule has 3 rings (SSSR count). The minimum atomic E-state index is -1.74. The Kier molecular flexibility index (Phi) is 4.74. The molecule has 3 unspecified atom stereocenters. The second-order valence-electron chi connectivity index (χ2n) is 7.21. The van der Waals surface area contributed by atoms with Crippen LogP contribution in [0.4, 0.5) is 4.39 Å². The summed E-state index contributed by atoms with van der Waals surface area (Å²) in [5, 5.41) is 10.4. The summed E-state index contributed by atoms with van der Waals surface area (Å²) in [5.74, 6) is -2.24. The Morgan fingerprint density at radius 3 is 2.68 bits per heavy atom. The minimum absolute atomic E-state index is 0.0806. The molecule has 0 N–H and O–H groups in total. The molecule has 0 radical (unpaired) electrons. The lowest BCUT2D eigenvalue weighted by Gasteiger charge is -2.48. The number of carbonyl (C=O) groups is 1. The van der Waals surface area contributed by atoms with Crippen LogP contribution in [0.15, 0.2) is 18.5 Å². The third-order valence-electron chi connectivity index (χ3n) is 5.34. The van der Waals surface area contributed by atoms with Crippen LogP contribution in [0.3, 0.4) is 0 Å². The van der Waals surface area contributed by atoms with Gasteiger partial charge in [0.25, 0.3) is 0 Å². The molecule has 2 aliphatic rings. The first-order valence-corrected chi connectivity index (χ1v) is 8.78. The third-order valence-corrected chi connectivity index (χ3v) is 5.54. The zero-order chi connectivity index (χ0) is 18.2. The van der Waals surface area contributed by atoms with E-state index in [4.69, 9.17) is 16.3 Å². The summed E-state index contributed by atoms with van der Waals surface area (Å²) in [6, 6.07) is 4.07. The van der Waals surface area contributed by atoms with E-state index in [0.717, 1.165) is 18.4 Å². The fourth-order valence-electron chi connectivity index (χ4n) is 4.38. The second-order valence-corrected chi connectivity index (χ2v) is 7.65. The van der Waals surface area contributed by atoms with Crippen molar-refractivity contribution in [1.82, 2.24) is 9.88 Å². The molecule has 3 atom stereocenters. The number of esters is 1. The quantitative estimate of drug-likeness (QED) is 0.604. The number of halogens is 2. The van der Waals surface area contributed by atoms with Crippen LogP contribution >= 0.6 is 11.6 Å². The van der Waals surface area contributed by atoms with E-state index in [9.17, 15) is 10.1 Å². The van der Waals surface area contributed by atoms with Crippen LogP contribution in [0.1, 0.15) is 45.1 Å². The molecule has 2 fully saturated rings. The van der Waals surface area contributed by atoms with E-state index in [2.05, 4.69) is 11.1 Å². The van der Waals surface area contributed by atoms with E-state index in [1.807, 2.05) is 0 Å². The van der Waals surface area contributed by atoms with E-state index in [-0.39, 0.29) is 18.7 Å². The Hall–Kier alpha value is -1.71. The van der Waals surface area contributed by atoms with E-state index >= 15 is 4.39 Å². The number of carbonyl (C=O) groups excluding carboxylic acids is 1. The Bertz CT molecular complexity index is 705. The number of pyridine rings is 1. The van der Waals surface area contributed by atoms with Gasteiger partial charge in [-0.15, -0.1) is 0 Å². The van der Waals surface area contributed by atoms with Crippen molar-refractivity contribution in [2.24, 2.45) is 0 Å². The molecule has 2 bridgehead atoms. The fraction of sp³-hybridized carbons (Fsp3) is 0.611. The third kappa shape index (κ3) is 3.36. The highest BCUT2D eigenvalue weighted by atomic mass is 35.5. The first kappa shape index (κ1) is 18.1. The van der Waals surface area contributed by atoms with Gasteiger partial charge in [0.1, 0.15) is 6.61 Å². The maximum atomic E-state index is 15.2. The van der Waals surface area contributed by atoms with Crippen LogP contribution in [0, 0.1) is 11.3 Å². The molecular weight excluding hydrogens is 345 g/mol. The maximum absolute atomic E-state index is 15.2. The molecule has 1 aromatic rings. The standard InChI is InChI=1S/C18H21ClFN3O2/c1-12(24)25-11-17(2,20)23-15-3-4-16(23)7-18(6-15,10-21)13-5-14(19)9-22-8-13/h5,8-9,15-16H,3-4,6-7,11H2,1-2H3. The molecule has 25 heavy (non-hydrogen) atoms. The van der Waals surface area contributed by atoms with Crippen LogP contribution in [0.25, 0.3) is 0 Å². The zero-order valence-corrected chi connectivity index (χ0v) is 15.1. The van der Waals surface area contributed by atoms with Gasteiger partial charge in [-0.05, 0) is 44.2 Å². The van der Waals surface area contributed by atoms with Crippen molar-refractivity contribution in [3.05, 3.63) is 29.0 Å². The average Bonchev–Trinajstić information content (AvgIpc) is 2.86. The number of hydrogen-bond acceptors (Lipinski definition) is 5. The van der Waals surface area contributed by atoms with Gasteiger partial charge in [-0.2, -0.15) is 5.26 Å². The van der Waals surface area contributed by atoms with Crippen molar-refractivity contribution in [2.75, 3.05) is 6.61 Å². The molecule has 0 aliphatic carbocycles. The van der Waals surface area contributed by atoms with Gasteiger partial charge in [-0.3, -0.25) is 14.7 Å². The Balaban J connectivity index is 1.86. The topological polar surface area (TPSA) is 66.2 Å². The monoisotopic (exact) mass is 365 g/mol. The molecule has 0 spiro atoms. The van der Waals surface area contributed by atoms with Gasteiger partial charge in [0.2, 0.25) is 0 Å². The first-order chi connectivity index (χ1) is 11.8. The number of nitrogens with zero attached hydrogens (tertiary/aromatic N) is 3. The number of fused-ring (bicyclic) bond motifs is 2. The highest BCUT2D eigenvalue weighted by molar-refractivity contribution is 6.30. The number of hydrogen-bond donors (Lipinski definition) is 0. The Morgan fingerprint density at radius 2 is 2.16 bits per heavy atom. The highest BCUT2D eigenvalue weighted by Crippen LogP contribution is 2.49. The molecule has 2 aliphatic heterocycles. The second kappa shape index (κ2) is 6.54. The number of aromatic nitrogens is 1. The van der Waals surface area contributed by atoms with Crippen molar-refractivity contribution in [1.29, 1.82) is 5.26 Å². The lowest BCUT2D eigenvalue weighted by atomic mass is 9.71. The van der Waals surface area contributed by atoms with Gasteiger partial charge in [-0.1, -0.05) is 11.6 Å². The predicted octanol–water partition coefficient (Wildman–Crippen LogP) is 3.37. The van der Waals surface area contributed by atoms with Crippen LogP contribution in [-0.2, 0) is 14.9 Å². The molecule has 134 valence electrons. The summed E-state index contributed by atoms with van der Waals surface area (Å²) in [7, 11) is 0. The molecule has 0 amide bonds. The normalized spacial score (nSPS) is 31.2. The van der Waals surface area contributed by atoms with E-state index in [1.54, 1.807) is 17.2 Å². The van der Waals surface area contributed by atoms with Gasteiger partial charge in [0.15, 0.2) is 5.79 Å². The molecule has 0 saturated carbocycles. The number of nitriles is 1. The van der Waals surface area contributed by atoms with Gasteiger partial charge in [0, 0.05) is 31.4 Å². The number of rotatable bonds is 4. The van der Waals surface area contributed by atoms with Crippen molar-refractivity contribution in [2.45, 2.75) is 62.8 Å². The molecule has 5 nitrogen and oxygen atoms in total. The van der Waals surface area contributed by atoms with Crippen LogP contribution in [0.5, 0.6) is 0 Å². The van der Waals surface area contributed by atoms with E-state index < -0.39 is 17.2 Å². The largest absolute Gasteiger partial charge is 0.461 e. The van der Waals surface area contributed by atoms with Gasteiger partial charge < -0.3 is 4.74 Å². The van der Waals surface area contributed by atoms with Crippen LogP contribution in [0.2, 0.25) is 5.02 Å². The minimum Gasteiger partial charge on any atom is -0.461 e. The SMILES string of the molecule is CC(=O)OCC(C)(F)N1C2CCC1CC(C#N)(c1cncc(Cl)c1)C2. The smallest absolute Gasteiger partial charge is 0.302 e. The number of piperidine rings is 1. The van der Waals surface area contributed by atoms with Crippen molar-refractivity contribution < 1.29 is 13.9 Å². The summed E-state index contributed by atoms with van der Waals surface area (Å²) in [6.45, 7) is 2.42. The van der Waals surface area contributed by atoms with E-state index in [1.165, 1.54) is 20.0 Å². The van der Waals surface area contributed by atoms with E-state index in [0.29, 0.717) is 17.9 Å². The highest BCUT2D eigenvalue weighted by Gasteiger charge is 2.55. The number of alkyl halides is 1. The molecule has 1 aromatic heterocycles. The molecule has 7 heteroatoms. The van der Waals surface area contributed by atoms with Gasteiger partial charge in [0.05, 0.1) is 16.5 Å². The number of ether oxygens (including phenoxy) is 1. The van der Waals surface area contributed by atoms with Crippen molar-refractivity contribution in [3.8, 4) is 6.07 Å². The molecule has 3 heterocycles. The van der Waals surface area contributed by atoms with Gasteiger partial charge >= 0.3 is 5.97 Å². The lowest BCUT2D eigenvalue weighted by molar-refractivity contribution is -0.159. The maximum Gasteiger partial charge on any atom is 0.302 e. The lowest BCUT2D eigenvalue weighted by Crippen LogP contribution is -2.58. The molecular formula is C18H21ClFN3O2. The Labute approximate surface area is 151 Å². The average molecular weight is 366 g/mol. The molecule has 2 saturated heterocycles. The fourth-order valence-corrected chi connectivity index (χ4v) is 4.56. The van der Waals surface area contributed by atoms with Crippen molar-refractivity contribution >= 4 is 17.6 Å². The summed E-state index contributed by atoms with van der Waals surface area (Å²) in [4.78, 5) is 17.0. The molecule has 0 aromatic carbocycles. The summed E-state index contributed by atoms with van der Waals surface area (Å²) >= 11 is 6.05. The van der Waals surface area contributed by atoms with Crippen LogP contribution < -0.4 is 0 Å².